The summed E-state index contributed by atoms with van der Waals surface area (Å²) in [6, 6.07) is 3.77. The molecule has 2 aromatic carbocycles. The lowest BCUT2D eigenvalue weighted by atomic mass is 9.97. The number of esters is 1. The number of aromatic nitrogens is 6. The highest BCUT2D eigenvalue weighted by Crippen LogP contribution is 2.38. The number of carbonyl (C=O) groups is 1. The van der Waals surface area contributed by atoms with Crippen LogP contribution in [0.1, 0.15) is 47.2 Å². The lowest BCUT2D eigenvalue weighted by Gasteiger charge is -2.24. The highest BCUT2D eigenvalue weighted by molar-refractivity contribution is 5.71. The Morgan fingerprint density at radius 3 is 1.98 bits per heavy atom. The van der Waals surface area contributed by atoms with Gasteiger partial charge in [0.2, 0.25) is 0 Å². The molecule has 2 aromatic heterocycles. The van der Waals surface area contributed by atoms with E-state index < -0.39 is 59.8 Å². The number of aryl methyl sites for hydroxylation is 2. The number of nitrogens with zero attached hydrogens (tertiary/aromatic N) is 7. The van der Waals surface area contributed by atoms with Gasteiger partial charge in [0.15, 0.2) is 0 Å². The second-order valence-corrected chi connectivity index (χ2v) is 10.1. The Bertz CT molecular complexity index is 1660. The first-order chi connectivity index (χ1) is 21.4. The molecule has 0 fully saturated rings. The molecule has 0 unspecified atom stereocenters. The molecule has 0 bridgehead atoms. The maximum absolute atomic E-state index is 13.9. The fraction of sp³-hybridized carbons (Fsp3) is 0.393. The van der Waals surface area contributed by atoms with Gasteiger partial charge in [0, 0.05) is 24.8 Å². The number of carbonyl (C=O) groups excluding carboxylic acids is 1. The lowest BCUT2D eigenvalue weighted by Crippen LogP contribution is -2.25. The lowest BCUT2D eigenvalue weighted by molar-refractivity contribution is -0.144. The minimum atomic E-state index is -5.13. The monoisotopic (exact) mass is 663 g/mol. The molecule has 0 aliphatic heterocycles. The van der Waals surface area contributed by atoms with Crippen LogP contribution in [0.25, 0.3) is 11.3 Å². The highest BCUT2D eigenvalue weighted by Gasteiger charge is 2.37. The molecule has 0 aliphatic rings. The van der Waals surface area contributed by atoms with Crippen molar-refractivity contribution in [3.63, 3.8) is 0 Å². The Morgan fingerprint density at radius 1 is 0.826 bits per heavy atom. The van der Waals surface area contributed by atoms with Gasteiger partial charge in [-0.2, -0.15) is 49.4 Å². The molecule has 0 N–H and O–H groups in total. The van der Waals surface area contributed by atoms with Crippen molar-refractivity contribution in [3.8, 4) is 11.3 Å². The molecular weight excluding hydrogens is 637 g/mol. The number of tetrazole rings is 1. The molecule has 0 amide bonds. The van der Waals surface area contributed by atoms with Gasteiger partial charge in [-0.1, -0.05) is 18.1 Å². The largest absolute Gasteiger partial charge is 0.465 e. The Morgan fingerprint density at radius 2 is 1.46 bits per heavy atom. The second kappa shape index (κ2) is 13.0. The number of benzene rings is 2. The van der Waals surface area contributed by atoms with Gasteiger partial charge in [-0.25, -0.2) is 0 Å². The molecule has 46 heavy (non-hydrogen) atoms. The number of hydrogen-bond donors (Lipinski definition) is 0. The van der Waals surface area contributed by atoms with Crippen LogP contribution in [0.15, 0.2) is 42.6 Å². The fourth-order valence-corrected chi connectivity index (χ4v) is 4.63. The number of alkyl halides is 9. The van der Waals surface area contributed by atoms with E-state index in [-0.39, 0.29) is 42.0 Å². The van der Waals surface area contributed by atoms with Gasteiger partial charge in [-0.05, 0) is 65.6 Å². The van der Waals surface area contributed by atoms with E-state index in [0.717, 1.165) is 27.9 Å². The van der Waals surface area contributed by atoms with Crippen molar-refractivity contribution in [1.82, 2.24) is 30.0 Å². The molecule has 0 spiro atoms. The smallest absolute Gasteiger partial charge is 0.416 e. The summed E-state index contributed by atoms with van der Waals surface area (Å²) < 4.78 is 129. The summed E-state index contributed by atoms with van der Waals surface area (Å²) in [5.41, 5.74) is -3.80. The number of hydrogen-bond acceptors (Lipinski definition) is 7. The van der Waals surface area contributed by atoms with Crippen molar-refractivity contribution in [3.05, 3.63) is 76.0 Å². The van der Waals surface area contributed by atoms with E-state index in [9.17, 15) is 44.3 Å². The predicted octanol–water partition coefficient (Wildman–Crippen LogP) is 6.46. The molecule has 9 nitrogen and oxygen atoms in total. The van der Waals surface area contributed by atoms with Gasteiger partial charge < -0.3 is 9.64 Å². The first-order valence-electron chi connectivity index (χ1n) is 13.6. The second-order valence-electron chi connectivity index (χ2n) is 10.1. The van der Waals surface area contributed by atoms with Crippen LogP contribution in [0.3, 0.4) is 0 Å². The number of halogens is 9. The van der Waals surface area contributed by atoms with Crippen LogP contribution in [0, 0.1) is 0 Å². The van der Waals surface area contributed by atoms with Gasteiger partial charge in [0.25, 0.3) is 5.95 Å². The minimum Gasteiger partial charge on any atom is -0.465 e. The SMILES string of the molecule is CCOC(=O)Cn1cc(CC)c(-c2ccc(C(F)(F)F)cc2CN(Cc2cc(C(F)(F)F)cc(C(F)(F)F)c2)c2nnn(C)n2)n1. The van der Waals surface area contributed by atoms with Crippen molar-refractivity contribution in [1.29, 1.82) is 0 Å². The molecule has 4 aromatic rings. The van der Waals surface area contributed by atoms with Crippen LogP contribution in [-0.4, -0.2) is 42.6 Å². The van der Waals surface area contributed by atoms with Crippen LogP contribution in [-0.2, 0) is 61.2 Å². The van der Waals surface area contributed by atoms with Crippen LogP contribution in [0.4, 0.5) is 45.5 Å². The van der Waals surface area contributed by atoms with E-state index in [0.29, 0.717) is 24.1 Å². The summed E-state index contributed by atoms with van der Waals surface area (Å²) in [6.45, 7) is 1.99. The van der Waals surface area contributed by atoms with Gasteiger partial charge in [0.05, 0.1) is 36.0 Å². The average Bonchev–Trinajstić information content (AvgIpc) is 3.57. The number of ether oxygens (including phenoxy) is 1. The molecule has 0 aliphatic carbocycles. The van der Waals surface area contributed by atoms with E-state index in [1.807, 2.05) is 0 Å². The van der Waals surface area contributed by atoms with Crippen molar-refractivity contribution < 1.29 is 49.0 Å². The Kier molecular flexibility index (Phi) is 9.67. The summed E-state index contributed by atoms with van der Waals surface area (Å²) in [4.78, 5) is 14.1. The third-order valence-corrected chi connectivity index (χ3v) is 6.67. The zero-order chi connectivity index (χ0) is 34.0. The van der Waals surface area contributed by atoms with Gasteiger partial charge in [0.1, 0.15) is 6.54 Å². The standard InChI is InChI=1S/C28H26F9N7O2/c1-4-17-14-44(15-23(45)46-5-2)39-24(17)22-7-6-19(26(29,30)31)10-18(22)13-43(25-38-41-42(3)40-25)12-16-8-20(27(32,33)34)11-21(9-16)28(35,36)37/h6-11,14H,4-5,12-13,15H2,1-3H3. The van der Waals surface area contributed by atoms with E-state index >= 15 is 0 Å². The van der Waals surface area contributed by atoms with E-state index in [1.54, 1.807) is 13.8 Å². The maximum atomic E-state index is 13.9. The molecule has 0 radical (unpaired) electrons. The zero-order valence-corrected chi connectivity index (χ0v) is 24.4. The summed E-state index contributed by atoms with van der Waals surface area (Å²) in [7, 11) is 1.35. The topological polar surface area (TPSA) is 91.0 Å². The normalized spacial score (nSPS) is 12.4. The summed E-state index contributed by atoms with van der Waals surface area (Å²) >= 11 is 0. The summed E-state index contributed by atoms with van der Waals surface area (Å²) in [5.74, 6) is -0.883. The van der Waals surface area contributed by atoms with Gasteiger partial charge >= 0.3 is 24.5 Å². The predicted molar refractivity (Wildman–Crippen MR) is 144 cm³/mol. The van der Waals surface area contributed by atoms with Crippen molar-refractivity contribution in [2.75, 3.05) is 11.5 Å². The Balaban J connectivity index is 1.85. The van der Waals surface area contributed by atoms with Crippen molar-refractivity contribution in [2.45, 2.75) is 58.4 Å². The molecule has 18 heteroatoms. The van der Waals surface area contributed by atoms with Crippen LogP contribution in [0.5, 0.6) is 0 Å². The first-order valence-corrected chi connectivity index (χ1v) is 13.6. The highest BCUT2D eigenvalue weighted by atomic mass is 19.4. The van der Waals surface area contributed by atoms with Crippen molar-refractivity contribution >= 4 is 11.9 Å². The molecular formula is C28H26F9N7O2. The quantitative estimate of drug-likeness (QED) is 0.142. The molecule has 4 rings (SSSR count). The molecule has 248 valence electrons. The molecule has 0 saturated heterocycles. The number of rotatable bonds is 10. The van der Waals surface area contributed by atoms with Gasteiger partial charge in [-0.3, -0.25) is 9.48 Å². The maximum Gasteiger partial charge on any atom is 0.416 e. The van der Waals surface area contributed by atoms with Gasteiger partial charge in [-0.15, -0.1) is 5.10 Å². The van der Waals surface area contributed by atoms with Crippen LogP contribution >= 0.6 is 0 Å². The zero-order valence-electron chi connectivity index (χ0n) is 24.4. The fourth-order valence-electron chi connectivity index (χ4n) is 4.63. The van der Waals surface area contributed by atoms with Crippen LogP contribution in [0.2, 0.25) is 0 Å². The van der Waals surface area contributed by atoms with Crippen LogP contribution < -0.4 is 4.90 Å². The summed E-state index contributed by atoms with van der Waals surface area (Å²) in [5, 5.41) is 15.8. The molecule has 0 saturated carbocycles. The minimum absolute atomic E-state index is 0.0295. The third-order valence-electron chi connectivity index (χ3n) is 6.67. The summed E-state index contributed by atoms with van der Waals surface area (Å²) in [6.07, 6.45) is -13.2. The third kappa shape index (κ3) is 8.14. The molecule has 2 heterocycles. The number of anilines is 1. The Labute approximate surface area is 255 Å². The first kappa shape index (κ1) is 34.2. The van der Waals surface area contributed by atoms with E-state index in [2.05, 4.69) is 20.5 Å². The average molecular weight is 664 g/mol. The van der Waals surface area contributed by atoms with E-state index in [4.69, 9.17) is 4.74 Å². The van der Waals surface area contributed by atoms with E-state index in [1.165, 1.54) is 17.9 Å². The Hall–Kier alpha value is -4.64. The molecule has 0 atom stereocenters. The van der Waals surface area contributed by atoms with Crippen molar-refractivity contribution in [2.24, 2.45) is 7.05 Å².